The number of carbonyl (C=O) groups is 3. The van der Waals surface area contributed by atoms with Gasteiger partial charge in [0.1, 0.15) is 6.04 Å². The lowest BCUT2D eigenvalue weighted by Gasteiger charge is -2.23. The van der Waals surface area contributed by atoms with Crippen LogP contribution in [0.3, 0.4) is 0 Å². The van der Waals surface area contributed by atoms with E-state index in [0.717, 1.165) is 19.6 Å². The lowest BCUT2D eigenvalue weighted by atomic mass is 10.1. The Hall–Kier alpha value is -1.83. The van der Waals surface area contributed by atoms with Crippen LogP contribution in [0.25, 0.3) is 0 Å². The van der Waals surface area contributed by atoms with Gasteiger partial charge in [-0.25, -0.2) is 9.59 Å². The molecule has 1 rings (SSSR count). The molecule has 1 aliphatic heterocycles. The highest BCUT2D eigenvalue weighted by Crippen LogP contribution is 2.06. The SMILES string of the molecule is CN(CCN1CCCC1)C(=O)NC(CCC(=O)O)C(=O)O. The van der Waals surface area contributed by atoms with Crippen LogP contribution in [-0.4, -0.2) is 77.3 Å². The van der Waals surface area contributed by atoms with Crippen molar-refractivity contribution in [1.29, 1.82) is 0 Å². The first-order chi connectivity index (χ1) is 9.90. The summed E-state index contributed by atoms with van der Waals surface area (Å²) in [7, 11) is 1.60. The molecule has 21 heavy (non-hydrogen) atoms. The minimum Gasteiger partial charge on any atom is -0.481 e. The summed E-state index contributed by atoms with van der Waals surface area (Å²) in [6, 6.07) is -1.67. The van der Waals surface area contributed by atoms with E-state index in [1.165, 1.54) is 17.7 Å². The second-order valence-corrected chi connectivity index (χ2v) is 5.24. The number of hydrogen-bond acceptors (Lipinski definition) is 4. The Morgan fingerprint density at radius 3 is 2.38 bits per heavy atom. The molecular weight excluding hydrogens is 278 g/mol. The van der Waals surface area contributed by atoms with E-state index in [1.54, 1.807) is 7.05 Å². The van der Waals surface area contributed by atoms with Crippen molar-refractivity contribution in [3.63, 3.8) is 0 Å². The zero-order chi connectivity index (χ0) is 15.8. The molecule has 1 unspecified atom stereocenters. The number of aliphatic carboxylic acids is 2. The summed E-state index contributed by atoms with van der Waals surface area (Å²) in [5.74, 6) is -2.31. The van der Waals surface area contributed by atoms with Gasteiger partial charge in [0.2, 0.25) is 0 Å². The number of carboxylic acid groups (broad SMARTS) is 2. The zero-order valence-electron chi connectivity index (χ0n) is 12.2. The molecule has 0 saturated carbocycles. The highest BCUT2D eigenvalue weighted by Gasteiger charge is 2.23. The Bertz CT molecular complexity index is 382. The molecule has 1 fully saturated rings. The molecule has 0 aromatic heterocycles. The maximum atomic E-state index is 11.9. The van der Waals surface area contributed by atoms with Gasteiger partial charge in [0, 0.05) is 26.6 Å². The molecule has 1 aliphatic rings. The lowest BCUT2D eigenvalue weighted by molar-refractivity contribution is -0.140. The smallest absolute Gasteiger partial charge is 0.326 e. The number of rotatable bonds is 8. The number of carboxylic acids is 2. The maximum absolute atomic E-state index is 11.9. The molecule has 1 atom stereocenters. The standard InChI is InChI=1S/C13H23N3O5/c1-15(8-9-16-6-2-3-7-16)13(21)14-10(12(19)20)4-5-11(17)18/h10H,2-9H2,1H3,(H,14,21)(H,17,18)(H,19,20). The van der Waals surface area contributed by atoms with Crippen molar-refractivity contribution in [3.05, 3.63) is 0 Å². The van der Waals surface area contributed by atoms with Crippen molar-refractivity contribution in [1.82, 2.24) is 15.1 Å². The normalized spacial score (nSPS) is 16.4. The summed E-state index contributed by atoms with van der Waals surface area (Å²) in [4.78, 5) is 37.0. The van der Waals surface area contributed by atoms with Crippen LogP contribution in [0.2, 0.25) is 0 Å². The summed E-state index contributed by atoms with van der Waals surface area (Å²) < 4.78 is 0. The number of likely N-dealkylation sites (tertiary alicyclic amines) is 1. The second-order valence-electron chi connectivity index (χ2n) is 5.24. The number of amides is 2. The molecule has 0 spiro atoms. The van der Waals surface area contributed by atoms with E-state index < -0.39 is 24.0 Å². The van der Waals surface area contributed by atoms with Gasteiger partial charge in [0.05, 0.1) is 0 Å². The molecule has 8 nitrogen and oxygen atoms in total. The third-order valence-corrected chi connectivity index (χ3v) is 3.54. The monoisotopic (exact) mass is 301 g/mol. The van der Waals surface area contributed by atoms with Crippen LogP contribution in [0.1, 0.15) is 25.7 Å². The highest BCUT2D eigenvalue weighted by molar-refractivity contribution is 5.82. The topological polar surface area (TPSA) is 110 Å². The fourth-order valence-electron chi connectivity index (χ4n) is 2.18. The third-order valence-electron chi connectivity index (χ3n) is 3.54. The van der Waals surface area contributed by atoms with Gasteiger partial charge in [-0.1, -0.05) is 0 Å². The average Bonchev–Trinajstić information content (AvgIpc) is 2.93. The van der Waals surface area contributed by atoms with Crippen LogP contribution in [0.4, 0.5) is 4.79 Å². The molecule has 3 N–H and O–H groups in total. The highest BCUT2D eigenvalue weighted by atomic mass is 16.4. The number of nitrogens with one attached hydrogen (secondary N) is 1. The van der Waals surface area contributed by atoms with Gasteiger partial charge in [-0.05, 0) is 32.4 Å². The van der Waals surface area contributed by atoms with Crippen molar-refractivity contribution in [2.45, 2.75) is 31.7 Å². The molecule has 0 aromatic carbocycles. The largest absolute Gasteiger partial charge is 0.481 e. The second kappa shape index (κ2) is 8.46. The number of urea groups is 1. The van der Waals surface area contributed by atoms with Gasteiger partial charge in [0.25, 0.3) is 0 Å². The van der Waals surface area contributed by atoms with E-state index in [2.05, 4.69) is 10.2 Å². The number of nitrogens with zero attached hydrogens (tertiary/aromatic N) is 2. The average molecular weight is 301 g/mol. The fourth-order valence-corrected chi connectivity index (χ4v) is 2.18. The molecule has 2 amide bonds. The minimum atomic E-state index is -1.22. The summed E-state index contributed by atoms with van der Waals surface area (Å²) in [6.45, 7) is 3.34. The quantitative estimate of drug-likeness (QED) is 0.584. The van der Waals surface area contributed by atoms with Crippen LogP contribution in [0.5, 0.6) is 0 Å². The van der Waals surface area contributed by atoms with E-state index >= 15 is 0 Å². The molecule has 0 aliphatic carbocycles. The van der Waals surface area contributed by atoms with E-state index in [-0.39, 0.29) is 12.8 Å². The van der Waals surface area contributed by atoms with Crippen molar-refractivity contribution in [3.8, 4) is 0 Å². The molecule has 8 heteroatoms. The van der Waals surface area contributed by atoms with Crippen molar-refractivity contribution in [2.24, 2.45) is 0 Å². The third kappa shape index (κ3) is 6.44. The Labute approximate surface area is 123 Å². The molecule has 0 bridgehead atoms. The maximum Gasteiger partial charge on any atom is 0.326 e. The summed E-state index contributed by atoms with van der Waals surface area (Å²) in [6.07, 6.45) is 1.92. The Kier molecular flexibility index (Phi) is 6.93. The molecular formula is C13H23N3O5. The van der Waals surface area contributed by atoms with Crippen LogP contribution in [0.15, 0.2) is 0 Å². The number of likely N-dealkylation sites (N-methyl/N-ethyl adjacent to an activating group) is 1. The Morgan fingerprint density at radius 1 is 1.24 bits per heavy atom. The van der Waals surface area contributed by atoms with Gasteiger partial charge in [-0.3, -0.25) is 4.79 Å². The van der Waals surface area contributed by atoms with Crippen LogP contribution in [0, 0.1) is 0 Å². The molecule has 0 radical (unpaired) electrons. The van der Waals surface area contributed by atoms with Gasteiger partial charge in [-0.2, -0.15) is 0 Å². The first-order valence-electron chi connectivity index (χ1n) is 7.08. The van der Waals surface area contributed by atoms with Gasteiger partial charge < -0.3 is 25.3 Å². The number of hydrogen-bond donors (Lipinski definition) is 3. The van der Waals surface area contributed by atoms with Crippen LogP contribution >= 0.6 is 0 Å². The van der Waals surface area contributed by atoms with E-state index in [0.29, 0.717) is 6.54 Å². The lowest BCUT2D eigenvalue weighted by Crippen LogP contribution is -2.48. The molecule has 120 valence electrons. The van der Waals surface area contributed by atoms with Crippen molar-refractivity contribution >= 4 is 18.0 Å². The van der Waals surface area contributed by atoms with Crippen molar-refractivity contribution in [2.75, 3.05) is 33.2 Å². The Balaban J connectivity index is 2.36. The van der Waals surface area contributed by atoms with Crippen LogP contribution in [-0.2, 0) is 9.59 Å². The molecule has 1 heterocycles. The Morgan fingerprint density at radius 2 is 1.86 bits per heavy atom. The minimum absolute atomic E-state index is 0.129. The predicted molar refractivity (Wildman–Crippen MR) is 75.1 cm³/mol. The molecule has 0 aromatic rings. The number of carbonyl (C=O) groups excluding carboxylic acids is 1. The van der Waals surface area contributed by atoms with E-state index in [9.17, 15) is 14.4 Å². The fraction of sp³-hybridized carbons (Fsp3) is 0.769. The van der Waals surface area contributed by atoms with Crippen LogP contribution < -0.4 is 5.32 Å². The first-order valence-corrected chi connectivity index (χ1v) is 7.08. The first kappa shape index (κ1) is 17.2. The van der Waals surface area contributed by atoms with Gasteiger partial charge in [-0.15, -0.1) is 0 Å². The summed E-state index contributed by atoms with van der Waals surface area (Å²) in [5, 5.41) is 19.9. The summed E-state index contributed by atoms with van der Waals surface area (Å²) >= 11 is 0. The summed E-state index contributed by atoms with van der Waals surface area (Å²) in [5.41, 5.74) is 0. The van der Waals surface area contributed by atoms with E-state index in [4.69, 9.17) is 10.2 Å². The van der Waals surface area contributed by atoms with Gasteiger partial charge in [0.15, 0.2) is 0 Å². The van der Waals surface area contributed by atoms with Gasteiger partial charge >= 0.3 is 18.0 Å². The molecule has 1 saturated heterocycles. The van der Waals surface area contributed by atoms with Crippen molar-refractivity contribution < 1.29 is 24.6 Å². The predicted octanol–water partition coefficient (Wildman–Crippen LogP) is 0.0416. The zero-order valence-corrected chi connectivity index (χ0v) is 12.2. The van der Waals surface area contributed by atoms with E-state index in [1.807, 2.05) is 0 Å².